The summed E-state index contributed by atoms with van der Waals surface area (Å²) in [7, 11) is 1.71. The van der Waals surface area contributed by atoms with E-state index in [2.05, 4.69) is 0 Å². The fourth-order valence-corrected chi connectivity index (χ4v) is 7.93. The minimum Gasteiger partial charge on any atom is -0.455 e. The Morgan fingerprint density at radius 3 is 2.39 bits per heavy atom. The van der Waals surface area contributed by atoms with Gasteiger partial charge in [-0.3, -0.25) is 19.2 Å². The Balaban J connectivity index is 1.45. The predicted molar refractivity (Wildman–Crippen MR) is 183 cm³/mol. The number of likely N-dealkylation sites (tertiary alicyclic amines) is 1. The van der Waals surface area contributed by atoms with E-state index in [4.69, 9.17) is 9.47 Å². The Bertz CT molecular complexity index is 1580. The molecule has 260 valence electrons. The minimum atomic E-state index is -1.41. The normalized spacial score (nSPS) is 31.6. The highest BCUT2D eigenvalue weighted by molar-refractivity contribution is 5.99. The van der Waals surface area contributed by atoms with Crippen molar-refractivity contribution in [3.63, 3.8) is 0 Å². The Kier molecular flexibility index (Phi) is 10.4. The first kappa shape index (κ1) is 34.6. The van der Waals surface area contributed by atoms with Gasteiger partial charge >= 0.3 is 5.97 Å². The van der Waals surface area contributed by atoms with Gasteiger partial charge in [-0.1, -0.05) is 98.3 Å². The standard InChI is InChI=1S/C39H47N3O7/c1-4-5-22-41-23-14-8-13-19-31(44)40(3)26(2)34(28-17-11-7-12-18-28)48-38(47)32-30-20-21-39(49-30)33(32)36(45)42(35(39)37(41)46)29(25-43)24-27-15-9-6-10-16-27/h6-12,14-18,20-21,26,29-30,32-35,43H,4-5,13,19,22-25H2,1-3H3/b14-8-/t26-,29-,30+,32-,33-,34+,35+,39-/m1/s1. The maximum Gasteiger partial charge on any atom is 0.313 e. The Labute approximate surface area is 288 Å². The molecular formula is C39H47N3O7. The van der Waals surface area contributed by atoms with E-state index in [0.29, 0.717) is 19.4 Å². The van der Waals surface area contributed by atoms with E-state index >= 15 is 0 Å². The number of rotatable bonds is 8. The van der Waals surface area contributed by atoms with E-state index in [0.717, 1.165) is 24.0 Å². The van der Waals surface area contributed by atoms with Gasteiger partial charge in [0.15, 0.2) is 0 Å². The predicted octanol–water partition coefficient (Wildman–Crippen LogP) is 3.85. The maximum atomic E-state index is 14.8. The summed E-state index contributed by atoms with van der Waals surface area (Å²) < 4.78 is 12.9. The van der Waals surface area contributed by atoms with Crippen molar-refractivity contribution in [3.05, 3.63) is 96.1 Å². The molecule has 10 heteroatoms. The van der Waals surface area contributed by atoms with Crippen LogP contribution in [0.3, 0.4) is 0 Å². The van der Waals surface area contributed by atoms with Crippen LogP contribution in [0.1, 0.15) is 56.8 Å². The molecule has 0 radical (unpaired) electrons. The van der Waals surface area contributed by atoms with Crippen molar-refractivity contribution in [2.75, 3.05) is 26.7 Å². The van der Waals surface area contributed by atoms with Crippen LogP contribution < -0.4 is 0 Å². The van der Waals surface area contributed by atoms with Crippen molar-refractivity contribution in [1.82, 2.24) is 14.7 Å². The number of unbranched alkanes of at least 4 members (excludes halogenated alkanes) is 1. The van der Waals surface area contributed by atoms with Crippen LogP contribution in [0.4, 0.5) is 0 Å². The highest BCUT2D eigenvalue weighted by Gasteiger charge is 2.74. The molecule has 0 unspecified atom stereocenters. The van der Waals surface area contributed by atoms with Gasteiger partial charge in [-0.25, -0.2) is 0 Å². The average Bonchev–Trinajstić information content (AvgIpc) is 3.77. The molecule has 2 saturated heterocycles. The molecule has 6 rings (SSSR count). The Hall–Kier alpha value is -4.28. The zero-order valence-electron chi connectivity index (χ0n) is 28.5. The van der Waals surface area contributed by atoms with Gasteiger partial charge in [0.05, 0.1) is 30.7 Å². The number of esters is 1. The quantitative estimate of drug-likeness (QED) is 0.335. The van der Waals surface area contributed by atoms with E-state index in [-0.39, 0.29) is 31.4 Å². The zero-order chi connectivity index (χ0) is 34.7. The summed E-state index contributed by atoms with van der Waals surface area (Å²) in [6, 6.07) is 16.5. The summed E-state index contributed by atoms with van der Waals surface area (Å²) in [6.45, 7) is 4.27. The molecule has 8 atom stereocenters. The van der Waals surface area contributed by atoms with Crippen LogP contribution >= 0.6 is 0 Å². The topological polar surface area (TPSA) is 117 Å². The van der Waals surface area contributed by atoms with Gasteiger partial charge in [0.2, 0.25) is 17.7 Å². The van der Waals surface area contributed by atoms with Crippen molar-refractivity contribution in [2.24, 2.45) is 11.8 Å². The number of likely N-dealkylation sites (N-methyl/N-ethyl adjacent to an activating group) is 1. The summed E-state index contributed by atoms with van der Waals surface area (Å²) in [5, 5.41) is 10.8. The number of cyclic esters (lactones) is 1. The second-order valence-corrected chi connectivity index (χ2v) is 13.6. The molecular weight excluding hydrogens is 622 g/mol. The first-order valence-electron chi connectivity index (χ1n) is 17.5. The van der Waals surface area contributed by atoms with Crippen molar-refractivity contribution in [3.8, 4) is 0 Å². The molecule has 2 aromatic rings. The summed E-state index contributed by atoms with van der Waals surface area (Å²) in [5.74, 6) is -3.48. The molecule has 1 spiro atoms. The third-order valence-electron chi connectivity index (χ3n) is 10.7. The fourth-order valence-electron chi connectivity index (χ4n) is 7.93. The number of aliphatic hydroxyl groups is 1. The number of benzene rings is 2. The van der Waals surface area contributed by atoms with Crippen molar-refractivity contribution < 1.29 is 33.8 Å². The lowest BCUT2D eigenvalue weighted by atomic mass is 9.74. The number of aliphatic hydroxyl groups excluding tert-OH is 1. The van der Waals surface area contributed by atoms with E-state index in [1.807, 2.05) is 86.7 Å². The van der Waals surface area contributed by atoms with E-state index in [1.165, 1.54) is 4.90 Å². The second kappa shape index (κ2) is 14.7. The lowest BCUT2D eigenvalue weighted by Gasteiger charge is -2.39. The Morgan fingerprint density at radius 1 is 0.980 bits per heavy atom. The maximum absolute atomic E-state index is 14.8. The van der Waals surface area contributed by atoms with Gasteiger partial charge in [-0.05, 0) is 37.3 Å². The molecule has 0 aromatic heterocycles. The summed E-state index contributed by atoms with van der Waals surface area (Å²) >= 11 is 0. The molecule has 4 aliphatic heterocycles. The molecule has 0 aliphatic carbocycles. The van der Waals surface area contributed by atoms with Gasteiger partial charge in [0.25, 0.3) is 0 Å². The van der Waals surface area contributed by atoms with E-state index in [9.17, 15) is 24.3 Å². The average molecular weight is 670 g/mol. The molecule has 1 N–H and O–H groups in total. The number of hydrogen-bond acceptors (Lipinski definition) is 7. The number of fused-ring (bicyclic) bond motifs is 2. The number of ether oxygens (including phenoxy) is 2. The highest BCUT2D eigenvalue weighted by atomic mass is 16.6. The third-order valence-corrected chi connectivity index (χ3v) is 10.7. The van der Waals surface area contributed by atoms with Gasteiger partial charge in [-0.2, -0.15) is 0 Å². The minimum absolute atomic E-state index is 0.0964. The molecule has 4 aliphatic rings. The SMILES string of the molecule is CCCCN1C/C=C\CCC(=O)N(C)[C@H](C)[C@@H](c2ccccc2)OC(=O)[C@@H]2[C@@H]3C=C[C@]4(O3)[C@H](C1=O)N([C@@H](CO)Cc1ccccc1)C(=O)[C@@H]24. The van der Waals surface area contributed by atoms with Crippen LogP contribution in [0.25, 0.3) is 0 Å². The molecule has 0 saturated carbocycles. The Morgan fingerprint density at radius 2 is 1.69 bits per heavy atom. The summed E-state index contributed by atoms with van der Waals surface area (Å²) in [4.78, 5) is 62.2. The fraction of sp³-hybridized carbons (Fsp3) is 0.487. The van der Waals surface area contributed by atoms with Crippen LogP contribution in [-0.4, -0.2) is 100 Å². The number of hydrogen-bond donors (Lipinski definition) is 1. The molecule has 4 heterocycles. The smallest absolute Gasteiger partial charge is 0.313 e. The summed E-state index contributed by atoms with van der Waals surface area (Å²) in [5.41, 5.74) is 0.220. The van der Waals surface area contributed by atoms with Gasteiger partial charge in [-0.15, -0.1) is 0 Å². The van der Waals surface area contributed by atoms with Crippen LogP contribution in [0, 0.1) is 11.8 Å². The first-order chi connectivity index (χ1) is 23.7. The highest BCUT2D eigenvalue weighted by Crippen LogP contribution is 2.56. The lowest BCUT2D eigenvalue weighted by Crippen LogP contribution is -2.59. The monoisotopic (exact) mass is 669 g/mol. The van der Waals surface area contributed by atoms with Gasteiger partial charge < -0.3 is 29.3 Å². The van der Waals surface area contributed by atoms with Crippen LogP contribution in [0.2, 0.25) is 0 Å². The molecule has 2 fully saturated rings. The summed E-state index contributed by atoms with van der Waals surface area (Å²) in [6.07, 6.45) is 8.44. The molecule has 2 aromatic carbocycles. The molecule has 10 nitrogen and oxygen atoms in total. The molecule has 49 heavy (non-hydrogen) atoms. The van der Waals surface area contributed by atoms with E-state index in [1.54, 1.807) is 29.0 Å². The van der Waals surface area contributed by atoms with Crippen LogP contribution in [0.5, 0.6) is 0 Å². The van der Waals surface area contributed by atoms with Crippen LogP contribution in [0.15, 0.2) is 85.0 Å². The molecule has 3 amide bonds. The van der Waals surface area contributed by atoms with Crippen molar-refractivity contribution >= 4 is 23.7 Å². The third kappa shape index (κ3) is 6.44. The number of carbonyl (C=O) groups excluding carboxylic acids is 4. The lowest BCUT2D eigenvalue weighted by molar-refractivity contribution is -0.164. The second-order valence-electron chi connectivity index (χ2n) is 13.6. The van der Waals surface area contributed by atoms with E-state index < -0.39 is 59.6 Å². The van der Waals surface area contributed by atoms with Crippen molar-refractivity contribution in [2.45, 2.75) is 81.9 Å². The van der Waals surface area contributed by atoms with Gasteiger partial charge in [0, 0.05) is 26.6 Å². The zero-order valence-corrected chi connectivity index (χ0v) is 28.5. The van der Waals surface area contributed by atoms with Crippen LogP contribution in [-0.2, 0) is 35.1 Å². The number of allylic oxidation sites excluding steroid dienone is 1. The van der Waals surface area contributed by atoms with Crippen molar-refractivity contribution in [1.29, 1.82) is 0 Å². The molecule has 5 bridgehead atoms. The number of nitrogens with zero attached hydrogens (tertiary/aromatic N) is 3. The largest absolute Gasteiger partial charge is 0.455 e. The van der Waals surface area contributed by atoms with Gasteiger partial charge in [0.1, 0.15) is 23.7 Å². The first-order valence-corrected chi connectivity index (χ1v) is 17.5. The number of carbonyl (C=O) groups is 4. The number of amides is 3.